The molecule has 0 amide bonds. The lowest BCUT2D eigenvalue weighted by Crippen LogP contribution is -2.46. The van der Waals surface area contributed by atoms with E-state index in [0.717, 1.165) is 51.4 Å². The number of aliphatic carboxylic acids is 1. The van der Waals surface area contributed by atoms with E-state index in [4.69, 9.17) is 14.6 Å². The van der Waals surface area contributed by atoms with Gasteiger partial charge in [-0.05, 0) is 32.1 Å². The molecular weight excluding hydrogens is 368 g/mol. The molecule has 0 aromatic rings. The minimum Gasteiger partial charge on any atom is -0.481 e. The zero-order valence-corrected chi connectivity index (χ0v) is 18.6. The molecule has 0 radical (unpaired) electrons. The highest BCUT2D eigenvalue weighted by molar-refractivity contribution is 5.66. The van der Waals surface area contributed by atoms with E-state index in [-0.39, 0.29) is 18.6 Å². The van der Waals surface area contributed by atoms with Gasteiger partial charge < -0.3 is 19.7 Å². The molecule has 0 aromatic heterocycles. The first-order valence-corrected chi connectivity index (χ1v) is 12.3. The van der Waals surface area contributed by atoms with Crippen LogP contribution in [0.2, 0.25) is 0 Å². The number of carbonyl (C=O) groups is 1. The monoisotopic (exact) mass is 412 g/mol. The summed E-state index contributed by atoms with van der Waals surface area (Å²) in [7, 11) is 0. The van der Waals surface area contributed by atoms with Crippen LogP contribution in [0.3, 0.4) is 0 Å². The summed E-state index contributed by atoms with van der Waals surface area (Å²) in [5, 5.41) is 19.3. The maximum absolute atomic E-state index is 10.6. The van der Waals surface area contributed by atoms with E-state index in [1.807, 2.05) is 0 Å². The third kappa shape index (κ3) is 8.55. The van der Waals surface area contributed by atoms with Gasteiger partial charge in [0.1, 0.15) is 6.10 Å². The van der Waals surface area contributed by atoms with Gasteiger partial charge in [0.2, 0.25) is 0 Å². The Kier molecular flexibility index (Phi) is 11.6. The SMILES string of the molecule is CCCCCCCCCCCC[C@@]12O[C@@H](CC[C@H]1O)[C@@H](CCCCCC(=O)O)O2. The molecule has 2 fully saturated rings. The lowest BCUT2D eigenvalue weighted by Gasteiger charge is -2.36. The molecule has 2 heterocycles. The minimum absolute atomic E-state index is 0.0556. The highest BCUT2D eigenvalue weighted by Crippen LogP contribution is 2.44. The van der Waals surface area contributed by atoms with Crippen molar-refractivity contribution in [3.63, 3.8) is 0 Å². The normalized spacial score (nSPS) is 28.7. The maximum atomic E-state index is 10.6. The van der Waals surface area contributed by atoms with Crippen molar-refractivity contribution >= 4 is 5.97 Å². The van der Waals surface area contributed by atoms with Crippen molar-refractivity contribution in [3.8, 4) is 0 Å². The van der Waals surface area contributed by atoms with Gasteiger partial charge >= 0.3 is 5.97 Å². The van der Waals surface area contributed by atoms with E-state index in [0.29, 0.717) is 0 Å². The number of hydrogen-bond donors (Lipinski definition) is 2. The highest BCUT2D eigenvalue weighted by Gasteiger charge is 2.54. The van der Waals surface area contributed by atoms with Gasteiger partial charge in [-0.25, -0.2) is 0 Å². The predicted octanol–water partition coefficient (Wildman–Crippen LogP) is 5.97. The van der Waals surface area contributed by atoms with Gasteiger partial charge in [0.05, 0.1) is 12.2 Å². The molecule has 0 spiro atoms. The summed E-state index contributed by atoms with van der Waals surface area (Å²) in [6.07, 6.45) is 18.7. The van der Waals surface area contributed by atoms with E-state index in [1.165, 1.54) is 57.8 Å². The fourth-order valence-electron chi connectivity index (χ4n) is 4.82. The zero-order chi connectivity index (χ0) is 21.0. The summed E-state index contributed by atoms with van der Waals surface area (Å²) in [5.74, 6) is -1.51. The third-order valence-electron chi connectivity index (χ3n) is 6.61. The van der Waals surface area contributed by atoms with Crippen LogP contribution in [0, 0.1) is 0 Å². The molecule has 0 aliphatic carbocycles. The summed E-state index contributed by atoms with van der Waals surface area (Å²) < 4.78 is 12.5. The Morgan fingerprint density at radius 1 is 0.862 bits per heavy atom. The second kappa shape index (κ2) is 13.6. The molecule has 5 nitrogen and oxygen atoms in total. The first-order chi connectivity index (χ1) is 14.1. The van der Waals surface area contributed by atoms with Crippen molar-refractivity contribution < 1.29 is 24.5 Å². The lowest BCUT2D eigenvalue weighted by molar-refractivity contribution is -0.253. The Labute approximate surface area is 177 Å². The third-order valence-corrected chi connectivity index (χ3v) is 6.61. The molecule has 2 aliphatic heterocycles. The molecule has 0 unspecified atom stereocenters. The van der Waals surface area contributed by atoms with Gasteiger partial charge in [-0.15, -0.1) is 0 Å². The lowest BCUT2D eigenvalue weighted by atomic mass is 9.94. The van der Waals surface area contributed by atoms with Crippen LogP contribution in [-0.4, -0.2) is 40.3 Å². The highest BCUT2D eigenvalue weighted by atomic mass is 16.8. The zero-order valence-electron chi connectivity index (χ0n) is 18.6. The Morgan fingerprint density at radius 3 is 2.14 bits per heavy atom. The number of hydrogen-bond acceptors (Lipinski definition) is 4. The van der Waals surface area contributed by atoms with E-state index in [9.17, 15) is 9.90 Å². The Bertz CT molecular complexity index is 455. The summed E-state index contributed by atoms with van der Waals surface area (Å²) in [4.78, 5) is 10.6. The van der Waals surface area contributed by atoms with Gasteiger partial charge in [0.25, 0.3) is 0 Å². The second-order valence-electron chi connectivity index (χ2n) is 9.14. The predicted molar refractivity (Wildman–Crippen MR) is 115 cm³/mol. The quantitative estimate of drug-likeness (QED) is 0.288. The average molecular weight is 413 g/mol. The van der Waals surface area contributed by atoms with Crippen LogP contribution in [0.15, 0.2) is 0 Å². The van der Waals surface area contributed by atoms with Gasteiger partial charge in [-0.3, -0.25) is 4.79 Å². The molecule has 2 bridgehead atoms. The molecule has 2 saturated heterocycles. The average Bonchev–Trinajstić information content (AvgIpc) is 3.00. The van der Waals surface area contributed by atoms with Crippen molar-refractivity contribution in [2.75, 3.05) is 0 Å². The summed E-state index contributed by atoms with van der Waals surface area (Å²) in [5.41, 5.74) is 0. The summed E-state index contributed by atoms with van der Waals surface area (Å²) in [6, 6.07) is 0. The Hall–Kier alpha value is -0.650. The van der Waals surface area contributed by atoms with E-state index >= 15 is 0 Å². The fourth-order valence-corrected chi connectivity index (χ4v) is 4.82. The molecule has 4 atom stereocenters. The van der Waals surface area contributed by atoms with Crippen LogP contribution in [0.25, 0.3) is 0 Å². The largest absolute Gasteiger partial charge is 0.481 e. The van der Waals surface area contributed by atoms with Gasteiger partial charge in [0, 0.05) is 12.8 Å². The molecule has 5 heteroatoms. The van der Waals surface area contributed by atoms with Gasteiger partial charge in [0.15, 0.2) is 5.79 Å². The number of unbranched alkanes of at least 4 members (excludes halogenated alkanes) is 11. The number of carboxylic acids is 1. The number of rotatable bonds is 17. The fraction of sp³-hybridized carbons (Fsp3) is 0.958. The Morgan fingerprint density at radius 2 is 1.48 bits per heavy atom. The van der Waals surface area contributed by atoms with Gasteiger partial charge in [-0.1, -0.05) is 77.6 Å². The molecule has 170 valence electrons. The van der Waals surface area contributed by atoms with Gasteiger partial charge in [-0.2, -0.15) is 0 Å². The number of aliphatic hydroxyl groups is 1. The number of aliphatic hydroxyl groups excluding tert-OH is 1. The molecule has 2 N–H and O–H groups in total. The molecular formula is C24H44O5. The smallest absolute Gasteiger partial charge is 0.303 e. The molecule has 0 saturated carbocycles. The minimum atomic E-state index is -0.783. The van der Waals surface area contributed by atoms with Crippen LogP contribution in [0.5, 0.6) is 0 Å². The van der Waals surface area contributed by atoms with Crippen LogP contribution in [0.4, 0.5) is 0 Å². The Balaban J connectivity index is 1.60. The molecule has 2 aliphatic rings. The molecule has 29 heavy (non-hydrogen) atoms. The van der Waals surface area contributed by atoms with Crippen LogP contribution >= 0.6 is 0 Å². The van der Waals surface area contributed by atoms with Crippen molar-refractivity contribution in [2.45, 2.75) is 147 Å². The van der Waals surface area contributed by atoms with Crippen molar-refractivity contribution in [1.82, 2.24) is 0 Å². The topological polar surface area (TPSA) is 76.0 Å². The first kappa shape index (κ1) is 24.6. The van der Waals surface area contributed by atoms with Crippen molar-refractivity contribution in [2.24, 2.45) is 0 Å². The molecule has 2 rings (SSSR count). The first-order valence-electron chi connectivity index (χ1n) is 12.3. The van der Waals surface area contributed by atoms with Crippen LogP contribution in [0.1, 0.15) is 122 Å². The maximum Gasteiger partial charge on any atom is 0.303 e. The van der Waals surface area contributed by atoms with Crippen LogP contribution < -0.4 is 0 Å². The number of fused-ring (bicyclic) bond motifs is 2. The van der Waals surface area contributed by atoms with E-state index in [1.54, 1.807) is 0 Å². The van der Waals surface area contributed by atoms with E-state index in [2.05, 4.69) is 6.92 Å². The van der Waals surface area contributed by atoms with Crippen molar-refractivity contribution in [3.05, 3.63) is 0 Å². The van der Waals surface area contributed by atoms with E-state index < -0.39 is 17.9 Å². The van der Waals surface area contributed by atoms with Crippen molar-refractivity contribution in [1.29, 1.82) is 0 Å². The summed E-state index contributed by atoms with van der Waals surface area (Å²) >= 11 is 0. The summed E-state index contributed by atoms with van der Waals surface area (Å²) in [6.45, 7) is 2.26. The standard InChI is InChI=1S/C24H44O5/c1-2-3-4-5-6-7-8-9-10-14-19-24-22(25)18-17-21(29-24)20(28-24)15-12-11-13-16-23(26)27/h20-22,25H,2-19H2,1H3,(H,26,27)/t20-,21+,22-,24-/m1/s1. The molecule has 0 aromatic carbocycles. The number of carboxylic acid groups (broad SMARTS) is 1. The number of ether oxygens (including phenoxy) is 2. The van der Waals surface area contributed by atoms with Crippen LogP contribution in [-0.2, 0) is 14.3 Å². The second-order valence-corrected chi connectivity index (χ2v) is 9.14.